The highest BCUT2D eigenvalue weighted by atomic mass is 35.5. The fourth-order valence-electron chi connectivity index (χ4n) is 3.90. The number of nitrogens with zero attached hydrogens (tertiary/aromatic N) is 2. The van der Waals surface area contributed by atoms with E-state index in [1.807, 2.05) is 19.9 Å². The van der Waals surface area contributed by atoms with E-state index in [0.29, 0.717) is 12.2 Å². The lowest BCUT2D eigenvalue weighted by atomic mass is 9.98. The van der Waals surface area contributed by atoms with Crippen LogP contribution in [0, 0.1) is 11.7 Å². The molecule has 0 saturated carbocycles. The molecule has 2 atom stereocenters. The lowest BCUT2D eigenvalue weighted by Crippen LogP contribution is -2.52. The molecule has 1 fully saturated rings. The Morgan fingerprint density at radius 3 is 2.19 bits per heavy atom. The Bertz CT molecular complexity index is 769. The summed E-state index contributed by atoms with van der Waals surface area (Å²) in [6.07, 6.45) is 0.969. The van der Waals surface area contributed by atoms with Crippen LogP contribution < -0.4 is 0 Å². The summed E-state index contributed by atoms with van der Waals surface area (Å²) in [4.78, 5) is 17.4. The van der Waals surface area contributed by atoms with E-state index in [9.17, 15) is 9.18 Å². The predicted molar refractivity (Wildman–Crippen MR) is 128 cm³/mol. The number of piperazine rings is 1. The molecule has 0 aliphatic carbocycles. The number of carbonyl (C=O) groups excluding carboxylic acids is 1. The molecule has 2 aromatic carbocycles. The van der Waals surface area contributed by atoms with Crippen LogP contribution in [0.4, 0.5) is 4.39 Å². The summed E-state index contributed by atoms with van der Waals surface area (Å²) < 4.78 is 19.1. The first-order valence-corrected chi connectivity index (χ1v) is 10.5. The fraction of sp³-hybridized carbons (Fsp3) is 0.458. The summed E-state index contributed by atoms with van der Waals surface area (Å²) in [7, 11) is 0. The lowest BCUT2D eigenvalue weighted by molar-refractivity contribution is -0.0719. The van der Waals surface area contributed by atoms with E-state index >= 15 is 0 Å². The van der Waals surface area contributed by atoms with Gasteiger partial charge in [-0.2, -0.15) is 0 Å². The maximum absolute atomic E-state index is 13.1. The zero-order valence-corrected chi connectivity index (χ0v) is 19.8. The van der Waals surface area contributed by atoms with Gasteiger partial charge < -0.3 is 9.64 Å². The number of hydrogen-bond donors (Lipinski definition) is 0. The van der Waals surface area contributed by atoms with Crippen molar-refractivity contribution < 1.29 is 13.9 Å². The number of ether oxygens (including phenoxy) is 1. The third-order valence-electron chi connectivity index (χ3n) is 5.53. The molecule has 4 nitrogen and oxygen atoms in total. The normalized spacial score (nSPS) is 16.6. The third kappa shape index (κ3) is 8.17. The quantitative estimate of drug-likeness (QED) is 0.496. The van der Waals surface area contributed by atoms with E-state index in [-0.39, 0.29) is 48.6 Å². The largest absolute Gasteiger partial charge is 0.363 e. The van der Waals surface area contributed by atoms with Crippen molar-refractivity contribution in [2.75, 3.05) is 39.3 Å². The van der Waals surface area contributed by atoms with E-state index in [2.05, 4.69) is 34.1 Å². The molecule has 0 aromatic heterocycles. The Hall–Kier alpha value is -1.50. The van der Waals surface area contributed by atoms with Gasteiger partial charge in [0.2, 0.25) is 0 Å². The summed E-state index contributed by atoms with van der Waals surface area (Å²) >= 11 is 0. The van der Waals surface area contributed by atoms with Crippen molar-refractivity contribution in [1.29, 1.82) is 0 Å². The van der Waals surface area contributed by atoms with Crippen LogP contribution >= 0.6 is 24.8 Å². The number of hydrogen-bond acceptors (Lipinski definition) is 4. The molecular formula is C24H33Cl2FN2O2. The minimum Gasteiger partial charge on any atom is -0.363 e. The SMILES string of the molecule is CCOC(Cc1ccccc1)N1CCN(CC(C)C(=O)c2ccc(F)cc2)CC1.Cl.Cl. The van der Waals surface area contributed by atoms with Crippen LogP contribution in [-0.4, -0.2) is 61.1 Å². The molecule has 2 aromatic rings. The van der Waals surface area contributed by atoms with Gasteiger partial charge in [-0.3, -0.25) is 9.69 Å². The summed E-state index contributed by atoms with van der Waals surface area (Å²) in [5.74, 6) is -0.354. The molecule has 2 unspecified atom stereocenters. The minimum atomic E-state index is -0.315. The molecule has 0 spiro atoms. The molecule has 3 rings (SSSR count). The van der Waals surface area contributed by atoms with Gasteiger partial charge in [0.05, 0.1) is 0 Å². The van der Waals surface area contributed by atoms with Gasteiger partial charge in [0.25, 0.3) is 0 Å². The second-order valence-corrected chi connectivity index (χ2v) is 7.71. The smallest absolute Gasteiger partial charge is 0.166 e. The van der Waals surface area contributed by atoms with Crippen LogP contribution in [0.3, 0.4) is 0 Å². The molecule has 0 amide bonds. The molecule has 31 heavy (non-hydrogen) atoms. The van der Waals surface area contributed by atoms with Crippen LogP contribution in [0.2, 0.25) is 0 Å². The second-order valence-electron chi connectivity index (χ2n) is 7.71. The van der Waals surface area contributed by atoms with Gasteiger partial charge in [-0.05, 0) is 36.8 Å². The van der Waals surface area contributed by atoms with E-state index in [1.54, 1.807) is 12.1 Å². The number of carbonyl (C=O) groups is 1. The highest BCUT2D eigenvalue weighted by molar-refractivity contribution is 5.97. The monoisotopic (exact) mass is 470 g/mol. The average Bonchev–Trinajstić information content (AvgIpc) is 2.75. The van der Waals surface area contributed by atoms with Gasteiger partial charge in [0, 0.05) is 57.2 Å². The molecule has 1 aliphatic rings. The zero-order chi connectivity index (χ0) is 20.6. The first-order chi connectivity index (χ1) is 14.1. The number of rotatable bonds is 9. The highest BCUT2D eigenvalue weighted by Crippen LogP contribution is 2.16. The van der Waals surface area contributed by atoms with Crippen molar-refractivity contribution >= 4 is 30.6 Å². The van der Waals surface area contributed by atoms with Gasteiger partial charge in [0.1, 0.15) is 12.0 Å². The Morgan fingerprint density at radius 1 is 1.00 bits per heavy atom. The lowest BCUT2D eigenvalue weighted by Gasteiger charge is -2.39. The van der Waals surface area contributed by atoms with Gasteiger partial charge in [-0.25, -0.2) is 4.39 Å². The Kier molecular flexibility index (Phi) is 12.3. The van der Waals surface area contributed by atoms with Gasteiger partial charge >= 0.3 is 0 Å². The van der Waals surface area contributed by atoms with Crippen molar-refractivity contribution in [2.24, 2.45) is 5.92 Å². The van der Waals surface area contributed by atoms with Crippen LogP contribution in [0.1, 0.15) is 29.8 Å². The summed E-state index contributed by atoms with van der Waals surface area (Å²) in [6.45, 7) is 9.10. The number of ketones is 1. The van der Waals surface area contributed by atoms with Gasteiger partial charge in [-0.15, -0.1) is 24.8 Å². The Morgan fingerprint density at radius 2 is 1.61 bits per heavy atom. The van der Waals surface area contributed by atoms with E-state index < -0.39 is 0 Å². The van der Waals surface area contributed by atoms with Crippen LogP contribution in [-0.2, 0) is 11.2 Å². The van der Waals surface area contributed by atoms with Gasteiger partial charge in [0.15, 0.2) is 5.78 Å². The van der Waals surface area contributed by atoms with Crippen molar-refractivity contribution in [3.63, 3.8) is 0 Å². The Labute approximate surface area is 197 Å². The minimum absolute atomic E-state index is 0. The standard InChI is InChI=1S/C24H31FN2O2.2ClH/c1-3-29-23(17-20-7-5-4-6-8-20)27-15-13-26(14-16-27)18-19(2)24(28)21-9-11-22(25)12-10-21;;/h4-12,19,23H,3,13-18H2,1-2H3;2*1H. The number of benzene rings is 2. The third-order valence-corrected chi connectivity index (χ3v) is 5.53. The van der Waals surface area contributed by atoms with Crippen molar-refractivity contribution in [1.82, 2.24) is 9.80 Å². The van der Waals surface area contributed by atoms with Gasteiger partial charge in [-0.1, -0.05) is 37.3 Å². The van der Waals surface area contributed by atoms with Crippen molar-refractivity contribution in [3.8, 4) is 0 Å². The molecule has 7 heteroatoms. The average molecular weight is 471 g/mol. The molecule has 0 bridgehead atoms. The topological polar surface area (TPSA) is 32.8 Å². The van der Waals surface area contributed by atoms with E-state index in [4.69, 9.17) is 4.74 Å². The molecule has 0 radical (unpaired) electrons. The first kappa shape index (κ1) is 27.5. The number of halogens is 3. The summed E-state index contributed by atoms with van der Waals surface area (Å²) in [6, 6.07) is 16.3. The molecule has 1 aliphatic heterocycles. The van der Waals surface area contributed by atoms with E-state index in [1.165, 1.54) is 17.7 Å². The van der Waals surface area contributed by atoms with Crippen molar-refractivity contribution in [2.45, 2.75) is 26.5 Å². The molecule has 0 N–H and O–H groups in total. The van der Waals surface area contributed by atoms with Crippen LogP contribution in [0.15, 0.2) is 54.6 Å². The van der Waals surface area contributed by atoms with Crippen LogP contribution in [0.5, 0.6) is 0 Å². The van der Waals surface area contributed by atoms with Crippen molar-refractivity contribution in [3.05, 3.63) is 71.5 Å². The van der Waals surface area contributed by atoms with Crippen LogP contribution in [0.25, 0.3) is 0 Å². The molecule has 1 heterocycles. The second kappa shape index (κ2) is 13.8. The predicted octanol–water partition coefficient (Wildman–Crippen LogP) is 4.71. The maximum Gasteiger partial charge on any atom is 0.166 e. The summed E-state index contributed by atoms with van der Waals surface area (Å²) in [5, 5.41) is 0. The Balaban J connectivity index is 0.00000240. The summed E-state index contributed by atoms with van der Waals surface area (Å²) in [5.41, 5.74) is 1.86. The highest BCUT2D eigenvalue weighted by Gasteiger charge is 2.26. The molecule has 172 valence electrons. The zero-order valence-electron chi connectivity index (χ0n) is 18.2. The first-order valence-electron chi connectivity index (χ1n) is 10.5. The molecular weight excluding hydrogens is 438 g/mol. The number of Topliss-reactive ketones (excluding diaryl/α,β-unsaturated/α-hetero) is 1. The molecule has 1 saturated heterocycles. The maximum atomic E-state index is 13.1. The fourth-order valence-corrected chi connectivity index (χ4v) is 3.90. The van der Waals surface area contributed by atoms with E-state index in [0.717, 1.165) is 39.1 Å².